The molecule has 0 atom stereocenters. The summed E-state index contributed by atoms with van der Waals surface area (Å²) in [4.78, 5) is 16.3. The average Bonchev–Trinajstić information content (AvgIpc) is 2.98. The third-order valence-electron chi connectivity index (χ3n) is 3.40. The van der Waals surface area contributed by atoms with Crippen molar-refractivity contribution in [3.63, 3.8) is 0 Å². The van der Waals surface area contributed by atoms with Crippen LogP contribution in [-0.4, -0.2) is 20.8 Å². The monoisotopic (exact) mass is 333 g/mol. The lowest BCUT2D eigenvalue weighted by atomic mass is 10.2. The van der Waals surface area contributed by atoms with Crippen LogP contribution in [0.4, 0.5) is 28.1 Å². The van der Waals surface area contributed by atoms with E-state index in [0.717, 1.165) is 10.2 Å². The molecule has 1 aromatic heterocycles. The van der Waals surface area contributed by atoms with Gasteiger partial charge in [-0.25, -0.2) is 4.79 Å². The van der Waals surface area contributed by atoms with Gasteiger partial charge in [0.05, 0.1) is 11.6 Å². The minimum absolute atomic E-state index is 0.0410. The Labute approximate surface area is 143 Å². The Hall–Kier alpha value is -3.86. The van der Waals surface area contributed by atoms with Gasteiger partial charge in [-0.3, -0.25) is 0 Å². The molecule has 0 radical (unpaired) electrons. The van der Waals surface area contributed by atoms with Gasteiger partial charge in [0.2, 0.25) is 11.9 Å². The Morgan fingerprint density at radius 3 is 2.40 bits per heavy atom. The van der Waals surface area contributed by atoms with Crippen LogP contribution < -0.4 is 16.4 Å². The van der Waals surface area contributed by atoms with Crippen LogP contribution in [0, 0.1) is 18.3 Å². The SMILES string of the molecule is Cc1ccc(NC(=O)n2nc(Nc3ccc(C#N)cc3)nc2N)cc1. The highest BCUT2D eigenvalue weighted by atomic mass is 16.2. The highest BCUT2D eigenvalue weighted by Gasteiger charge is 2.14. The van der Waals surface area contributed by atoms with Gasteiger partial charge in [-0.05, 0) is 43.3 Å². The molecule has 0 bridgehead atoms. The fraction of sp³-hybridized carbons (Fsp3) is 0.0588. The smallest absolute Gasteiger partial charge is 0.349 e. The number of hydrogen-bond donors (Lipinski definition) is 3. The molecule has 8 heteroatoms. The van der Waals surface area contributed by atoms with E-state index in [1.807, 2.05) is 25.1 Å². The van der Waals surface area contributed by atoms with Crippen molar-refractivity contribution < 1.29 is 4.79 Å². The maximum Gasteiger partial charge on any atom is 0.349 e. The van der Waals surface area contributed by atoms with Crippen LogP contribution in [0.1, 0.15) is 11.1 Å². The van der Waals surface area contributed by atoms with Gasteiger partial charge in [0.25, 0.3) is 0 Å². The zero-order chi connectivity index (χ0) is 17.8. The second kappa shape index (κ2) is 6.72. The van der Waals surface area contributed by atoms with E-state index in [1.54, 1.807) is 36.4 Å². The van der Waals surface area contributed by atoms with Gasteiger partial charge in [-0.2, -0.15) is 10.2 Å². The number of anilines is 4. The summed E-state index contributed by atoms with van der Waals surface area (Å²) >= 11 is 0. The number of nitrogens with zero attached hydrogens (tertiary/aromatic N) is 4. The summed E-state index contributed by atoms with van der Waals surface area (Å²) in [5, 5.41) is 18.5. The standard InChI is InChI=1S/C17H15N7O/c1-11-2-6-14(7-3-11)21-17(25)24-15(19)22-16(23-24)20-13-8-4-12(10-18)5-9-13/h2-9H,1H3,(H,21,25)(H3,19,20,22,23). The van der Waals surface area contributed by atoms with Crippen molar-refractivity contribution in [2.24, 2.45) is 0 Å². The molecule has 0 aliphatic carbocycles. The number of amides is 1. The van der Waals surface area contributed by atoms with Gasteiger partial charge >= 0.3 is 6.03 Å². The predicted molar refractivity (Wildman–Crippen MR) is 94.5 cm³/mol. The molecule has 0 aliphatic heterocycles. The Bertz CT molecular complexity index is 937. The van der Waals surface area contributed by atoms with E-state index in [-0.39, 0.29) is 11.9 Å². The Balaban J connectivity index is 1.73. The molecule has 0 unspecified atom stereocenters. The molecule has 4 N–H and O–H groups in total. The normalized spacial score (nSPS) is 10.1. The van der Waals surface area contributed by atoms with Gasteiger partial charge in [0.1, 0.15) is 0 Å². The van der Waals surface area contributed by atoms with Gasteiger partial charge in [0.15, 0.2) is 0 Å². The molecule has 124 valence electrons. The molecule has 3 rings (SSSR count). The second-order valence-corrected chi connectivity index (χ2v) is 5.32. The molecule has 0 aliphatic rings. The van der Waals surface area contributed by atoms with Crippen LogP contribution in [0.25, 0.3) is 0 Å². The topological polar surface area (TPSA) is 122 Å². The van der Waals surface area contributed by atoms with Crippen molar-refractivity contribution in [3.05, 3.63) is 59.7 Å². The summed E-state index contributed by atoms with van der Waals surface area (Å²) in [6, 6.07) is 15.6. The number of hydrogen-bond acceptors (Lipinski definition) is 6. The first-order valence-corrected chi connectivity index (χ1v) is 7.43. The largest absolute Gasteiger partial charge is 0.368 e. The molecular weight excluding hydrogens is 318 g/mol. The lowest BCUT2D eigenvalue weighted by molar-refractivity contribution is 0.251. The van der Waals surface area contributed by atoms with Gasteiger partial charge < -0.3 is 16.4 Å². The number of benzene rings is 2. The van der Waals surface area contributed by atoms with Crippen molar-refractivity contribution in [1.82, 2.24) is 14.8 Å². The summed E-state index contributed by atoms with van der Waals surface area (Å²) in [6.07, 6.45) is 0. The number of nitriles is 1. The van der Waals surface area contributed by atoms with Crippen molar-refractivity contribution in [2.75, 3.05) is 16.4 Å². The van der Waals surface area contributed by atoms with Gasteiger partial charge in [-0.15, -0.1) is 9.78 Å². The molecule has 2 aromatic carbocycles. The first-order valence-electron chi connectivity index (χ1n) is 7.43. The first kappa shape index (κ1) is 16.0. The average molecular weight is 333 g/mol. The predicted octanol–water partition coefficient (Wildman–Crippen LogP) is 2.86. The van der Waals surface area contributed by atoms with E-state index < -0.39 is 6.03 Å². The summed E-state index contributed by atoms with van der Waals surface area (Å²) in [7, 11) is 0. The molecule has 0 saturated heterocycles. The number of nitrogens with two attached hydrogens (primary N) is 1. The quantitative estimate of drug-likeness (QED) is 0.677. The van der Waals surface area contributed by atoms with E-state index in [0.29, 0.717) is 16.9 Å². The van der Waals surface area contributed by atoms with Gasteiger partial charge in [-0.1, -0.05) is 17.7 Å². The van der Waals surface area contributed by atoms with Crippen molar-refractivity contribution in [3.8, 4) is 6.07 Å². The second-order valence-electron chi connectivity index (χ2n) is 5.32. The van der Waals surface area contributed by atoms with Crippen LogP contribution in [-0.2, 0) is 0 Å². The van der Waals surface area contributed by atoms with Gasteiger partial charge in [0, 0.05) is 11.4 Å². The highest BCUT2D eigenvalue weighted by molar-refractivity contribution is 5.92. The third kappa shape index (κ3) is 3.73. The fourth-order valence-electron chi connectivity index (χ4n) is 2.10. The molecule has 3 aromatic rings. The van der Waals surface area contributed by atoms with Crippen LogP contribution >= 0.6 is 0 Å². The lowest BCUT2D eigenvalue weighted by Crippen LogP contribution is -2.22. The van der Waals surface area contributed by atoms with Crippen LogP contribution in [0.5, 0.6) is 0 Å². The maximum atomic E-state index is 12.3. The molecule has 25 heavy (non-hydrogen) atoms. The van der Waals surface area contributed by atoms with Crippen molar-refractivity contribution in [2.45, 2.75) is 6.92 Å². The zero-order valence-electron chi connectivity index (χ0n) is 13.4. The summed E-state index contributed by atoms with van der Waals surface area (Å²) < 4.78 is 0.978. The summed E-state index contributed by atoms with van der Waals surface area (Å²) in [5.74, 6) is 0.141. The molecule has 0 fully saturated rings. The van der Waals surface area contributed by atoms with E-state index in [9.17, 15) is 4.79 Å². The van der Waals surface area contributed by atoms with E-state index in [2.05, 4.69) is 20.7 Å². The molecule has 0 spiro atoms. The number of aryl methyl sites for hydroxylation is 1. The number of aromatic nitrogens is 3. The molecule has 1 amide bonds. The number of nitrogens with one attached hydrogen (secondary N) is 2. The number of carbonyl (C=O) groups is 1. The number of nitrogen functional groups attached to an aromatic ring is 1. The fourth-order valence-corrected chi connectivity index (χ4v) is 2.10. The minimum Gasteiger partial charge on any atom is -0.368 e. The van der Waals surface area contributed by atoms with Crippen molar-refractivity contribution >= 4 is 29.3 Å². The first-order chi connectivity index (χ1) is 12.0. The number of rotatable bonds is 3. The van der Waals surface area contributed by atoms with E-state index >= 15 is 0 Å². The highest BCUT2D eigenvalue weighted by Crippen LogP contribution is 2.16. The molecular formula is C17H15N7O. The van der Waals surface area contributed by atoms with E-state index in [1.165, 1.54) is 0 Å². The minimum atomic E-state index is -0.512. The van der Waals surface area contributed by atoms with Crippen LogP contribution in [0.3, 0.4) is 0 Å². The Morgan fingerprint density at radius 2 is 1.76 bits per heavy atom. The zero-order valence-corrected chi connectivity index (χ0v) is 13.4. The van der Waals surface area contributed by atoms with Crippen LogP contribution in [0.2, 0.25) is 0 Å². The van der Waals surface area contributed by atoms with E-state index in [4.69, 9.17) is 11.0 Å². The number of carbonyl (C=O) groups excluding carboxylic acids is 1. The summed E-state index contributed by atoms with van der Waals surface area (Å²) in [6.45, 7) is 1.96. The van der Waals surface area contributed by atoms with Crippen molar-refractivity contribution in [1.29, 1.82) is 5.26 Å². The lowest BCUT2D eigenvalue weighted by Gasteiger charge is -2.05. The third-order valence-corrected chi connectivity index (χ3v) is 3.40. The summed E-state index contributed by atoms with van der Waals surface area (Å²) in [5.41, 5.74) is 8.70. The van der Waals surface area contributed by atoms with Crippen LogP contribution in [0.15, 0.2) is 48.5 Å². The maximum absolute atomic E-state index is 12.3. The molecule has 8 nitrogen and oxygen atoms in total. The Morgan fingerprint density at radius 1 is 1.12 bits per heavy atom. The molecule has 0 saturated carbocycles. The molecule has 1 heterocycles. The Kier molecular flexibility index (Phi) is 4.30.